The topological polar surface area (TPSA) is 17.1 Å². The fourth-order valence-corrected chi connectivity index (χ4v) is 5.57. The van der Waals surface area contributed by atoms with Crippen LogP contribution in [0.3, 0.4) is 0 Å². The van der Waals surface area contributed by atoms with Crippen LogP contribution in [0.15, 0.2) is 70.5 Å². The highest BCUT2D eigenvalue weighted by atomic mass is 32.2. The van der Waals surface area contributed by atoms with Crippen molar-refractivity contribution in [3.63, 3.8) is 0 Å². The molecule has 0 saturated carbocycles. The molecule has 0 saturated heterocycles. The van der Waals surface area contributed by atoms with E-state index in [9.17, 15) is 4.21 Å². The van der Waals surface area contributed by atoms with Gasteiger partial charge < -0.3 is 0 Å². The molecule has 0 radical (unpaired) electrons. The van der Waals surface area contributed by atoms with Crippen molar-refractivity contribution in [2.24, 2.45) is 0 Å². The SMILES string of the molecule is Cc1cc2c(c3ccccc13)-c1c(cc(C)c3ccccc13)S2=O. The molecule has 1 nitrogen and oxygen atoms in total. The molecule has 0 atom stereocenters. The van der Waals surface area contributed by atoms with Crippen LogP contribution in [0.1, 0.15) is 11.1 Å². The molecule has 24 heavy (non-hydrogen) atoms. The Bertz CT molecular complexity index is 1090. The van der Waals surface area contributed by atoms with Crippen molar-refractivity contribution in [3.05, 3.63) is 71.8 Å². The lowest BCUT2D eigenvalue weighted by atomic mass is 9.91. The highest BCUT2D eigenvalue weighted by Gasteiger charge is 2.30. The normalized spacial score (nSPS) is 13.4. The van der Waals surface area contributed by atoms with Crippen LogP contribution in [0, 0.1) is 13.8 Å². The summed E-state index contributed by atoms with van der Waals surface area (Å²) in [7, 11) is -1.11. The molecule has 5 rings (SSSR count). The van der Waals surface area contributed by atoms with Gasteiger partial charge in [-0.2, -0.15) is 0 Å². The summed E-state index contributed by atoms with van der Waals surface area (Å²) in [4.78, 5) is 1.91. The first-order valence-electron chi connectivity index (χ1n) is 8.13. The summed E-state index contributed by atoms with van der Waals surface area (Å²) in [5.41, 5.74) is 4.68. The van der Waals surface area contributed by atoms with E-state index in [1.807, 2.05) is 0 Å². The molecule has 1 heterocycles. The smallest absolute Gasteiger partial charge is 0.0862 e. The number of hydrogen-bond acceptors (Lipinski definition) is 1. The van der Waals surface area contributed by atoms with E-state index >= 15 is 0 Å². The highest BCUT2D eigenvalue weighted by molar-refractivity contribution is 7.85. The van der Waals surface area contributed by atoms with Crippen molar-refractivity contribution in [3.8, 4) is 11.1 Å². The molecule has 4 aromatic carbocycles. The number of hydrogen-bond donors (Lipinski definition) is 0. The zero-order valence-electron chi connectivity index (χ0n) is 13.6. The Hall–Kier alpha value is -2.45. The van der Waals surface area contributed by atoms with E-state index in [1.165, 1.54) is 32.7 Å². The Morgan fingerprint density at radius 1 is 0.625 bits per heavy atom. The molecule has 1 aliphatic heterocycles. The molecular formula is C22H16OS. The molecule has 0 N–H and O–H groups in total. The summed E-state index contributed by atoms with van der Waals surface area (Å²) in [6.07, 6.45) is 0. The second kappa shape index (κ2) is 4.78. The molecule has 0 bridgehead atoms. The van der Waals surface area contributed by atoms with Crippen LogP contribution >= 0.6 is 0 Å². The second-order valence-corrected chi connectivity index (χ2v) is 7.91. The van der Waals surface area contributed by atoms with Gasteiger partial charge in [0.2, 0.25) is 0 Å². The van der Waals surface area contributed by atoms with Crippen LogP contribution in [0.5, 0.6) is 0 Å². The Morgan fingerprint density at radius 2 is 1.00 bits per heavy atom. The Kier molecular flexibility index (Phi) is 2.77. The first-order chi connectivity index (χ1) is 11.7. The minimum atomic E-state index is -1.11. The quantitative estimate of drug-likeness (QED) is 0.353. The molecular weight excluding hydrogens is 312 g/mol. The van der Waals surface area contributed by atoms with Crippen molar-refractivity contribution < 1.29 is 4.21 Å². The zero-order chi connectivity index (χ0) is 16.4. The predicted molar refractivity (Wildman–Crippen MR) is 101 cm³/mol. The number of fused-ring (bicyclic) bond motifs is 7. The molecule has 0 spiro atoms. The monoisotopic (exact) mass is 328 g/mol. The van der Waals surface area contributed by atoms with Gasteiger partial charge in [-0.1, -0.05) is 48.5 Å². The fourth-order valence-electron chi connectivity index (χ4n) is 3.98. The lowest BCUT2D eigenvalue weighted by Crippen LogP contribution is -1.89. The van der Waals surface area contributed by atoms with E-state index in [4.69, 9.17) is 0 Å². The third-order valence-electron chi connectivity index (χ3n) is 5.08. The summed E-state index contributed by atoms with van der Waals surface area (Å²) < 4.78 is 13.2. The van der Waals surface area contributed by atoms with Gasteiger partial charge in [0.15, 0.2) is 0 Å². The van der Waals surface area contributed by atoms with Crippen molar-refractivity contribution in [2.45, 2.75) is 23.6 Å². The maximum atomic E-state index is 13.2. The molecule has 0 fully saturated rings. The summed E-state index contributed by atoms with van der Waals surface area (Å²) in [6.45, 7) is 4.21. The summed E-state index contributed by atoms with van der Waals surface area (Å²) >= 11 is 0. The van der Waals surface area contributed by atoms with E-state index in [0.29, 0.717) is 0 Å². The predicted octanol–water partition coefficient (Wildman–Crippen LogP) is 5.76. The van der Waals surface area contributed by atoms with Crippen LogP contribution < -0.4 is 0 Å². The van der Waals surface area contributed by atoms with Gasteiger partial charge in [0.25, 0.3) is 0 Å². The third-order valence-corrected chi connectivity index (χ3v) is 6.52. The van der Waals surface area contributed by atoms with Crippen molar-refractivity contribution >= 4 is 32.3 Å². The van der Waals surface area contributed by atoms with Gasteiger partial charge in [0, 0.05) is 11.1 Å². The van der Waals surface area contributed by atoms with Gasteiger partial charge in [0.05, 0.1) is 20.6 Å². The van der Waals surface area contributed by atoms with Crippen molar-refractivity contribution in [1.82, 2.24) is 0 Å². The fraction of sp³-hybridized carbons (Fsp3) is 0.0909. The summed E-state index contributed by atoms with van der Waals surface area (Å²) in [5.74, 6) is 0. The van der Waals surface area contributed by atoms with Crippen LogP contribution in [0.25, 0.3) is 32.7 Å². The van der Waals surface area contributed by atoms with Crippen LogP contribution in [-0.2, 0) is 10.8 Å². The van der Waals surface area contributed by atoms with Gasteiger partial charge in [0.1, 0.15) is 0 Å². The highest BCUT2D eigenvalue weighted by Crippen LogP contribution is 2.49. The van der Waals surface area contributed by atoms with Crippen LogP contribution in [-0.4, -0.2) is 4.21 Å². The Balaban J connectivity index is 2.06. The molecule has 0 aliphatic carbocycles. The van der Waals surface area contributed by atoms with Crippen molar-refractivity contribution in [2.75, 3.05) is 0 Å². The molecule has 0 aromatic heterocycles. The van der Waals surface area contributed by atoms with Crippen LogP contribution in [0.2, 0.25) is 0 Å². The largest absolute Gasteiger partial charge is 0.249 e. The third kappa shape index (κ3) is 1.67. The van der Waals surface area contributed by atoms with E-state index in [-0.39, 0.29) is 0 Å². The maximum absolute atomic E-state index is 13.2. The minimum absolute atomic E-state index is 0.956. The Labute approximate surface area is 143 Å². The van der Waals surface area contributed by atoms with Gasteiger partial charge >= 0.3 is 0 Å². The van der Waals surface area contributed by atoms with E-state index in [0.717, 1.165) is 20.9 Å². The van der Waals surface area contributed by atoms with Gasteiger partial charge in [-0.05, 0) is 58.7 Å². The van der Waals surface area contributed by atoms with Crippen molar-refractivity contribution in [1.29, 1.82) is 0 Å². The zero-order valence-corrected chi connectivity index (χ0v) is 14.4. The van der Waals surface area contributed by atoms with Gasteiger partial charge in [-0.25, -0.2) is 4.21 Å². The average Bonchev–Trinajstić information content (AvgIpc) is 2.89. The second-order valence-electron chi connectivity index (χ2n) is 6.49. The number of benzene rings is 4. The average molecular weight is 328 g/mol. The molecule has 1 aliphatic rings. The molecule has 2 heteroatoms. The first kappa shape index (κ1) is 13.9. The lowest BCUT2D eigenvalue weighted by Gasteiger charge is -2.11. The van der Waals surface area contributed by atoms with E-state index in [2.05, 4.69) is 74.5 Å². The van der Waals surface area contributed by atoms with E-state index in [1.54, 1.807) is 0 Å². The molecule has 116 valence electrons. The standard InChI is InChI=1S/C22H16OS/c1-13-11-19-21(17-9-5-3-7-15(13)17)22-18-10-6-4-8-16(18)14(2)12-20(22)24(19)23/h3-12H,1-2H3. The summed E-state index contributed by atoms with van der Waals surface area (Å²) in [5, 5.41) is 4.89. The molecule has 0 amide bonds. The number of aryl methyl sites for hydroxylation is 2. The minimum Gasteiger partial charge on any atom is -0.249 e. The van der Waals surface area contributed by atoms with Gasteiger partial charge in [-0.3, -0.25) is 0 Å². The molecule has 0 unspecified atom stereocenters. The Morgan fingerprint density at radius 3 is 1.42 bits per heavy atom. The number of rotatable bonds is 0. The first-order valence-corrected chi connectivity index (χ1v) is 9.28. The van der Waals surface area contributed by atoms with Gasteiger partial charge in [-0.15, -0.1) is 0 Å². The van der Waals surface area contributed by atoms with Crippen LogP contribution in [0.4, 0.5) is 0 Å². The summed E-state index contributed by atoms with van der Waals surface area (Å²) in [6, 6.07) is 21.1. The maximum Gasteiger partial charge on any atom is 0.0862 e. The van der Waals surface area contributed by atoms with E-state index < -0.39 is 10.8 Å². The molecule has 4 aromatic rings. The lowest BCUT2D eigenvalue weighted by molar-refractivity contribution is 0.685.